The zero-order chi connectivity index (χ0) is 25.4. The first-order chi connectivity index (χ1) is 16.4. The van der Waals surface area contributed by atoms with Gasteiger partial charge in [0.25, 0.3) is 5.91 Å². The van der Waals surface area contributed by atoms with E-state index < -0.39 is 52.9 Å². The van der Waals surface area contributed by atoms with Crippen molar-refractivity contribution >= 4 is 16.7 Å². The Morgan fingerprint density at radius 2 is 1.51 bits per heavy atom. The first kappa shape index (κ1) is 24.0. The van der Waals surface area contributed by atoms with Crippen molar-refractivity contribution in [2.75, 3.05) is 0 Å². The quantitative estimate of drug-likeness (QED) is 0.365. The highest BCUT2D eigenvalue weighted by atomic mass is 19.4. The van der Waals surface area contributed by atoms with E-state index >= 15 is 0 Å². The van der Waals surface area contributed by atoms with Crippen LogP contribution in [-0.4, -0.2) is 10.9 Å². The molecular weight excluding hydrogens is 478 g/mol. The summed E-state index contributed by atoms with van der Waals surface area (Å²) in [6.07, 6.45) is -7.40. The lowest BCUT2D eigenvalue weighted by molar-refractivity contribution is -0.143. The first-order valence-corrected chi connectivity index (χ1v) is 9.98. The number of aromatic nitrogens is 1. The van der Waals surface area contributed by atoms with Crippen LogP contribution in [0.3, 0.4) is 0 Å². The molecule has 1 N–H and O–H groups in total. The zero-order valence-electron chi connectivity index (χ0n) is 17.5. The van der Waals surface area contributed by atoms with E-state index in [1.54, 1.807) is 30.3 Å². The smallest absolute Gasteiger partial charge is 0.416 e. The molecule has 0 saturated heterocycles. The molecule has 0 radical (unpaired) electrons. The molecule has 4 aromatic rings. The third-order valence-corrected chi connectivity index (χ3v) is 5.10. The van der Waals surface area contributed by atoms with Gasteiger partial charge in [-0.15, -0.1) is 0 Å². The molecular formula is C24H14F6N2O3. The van der Waals surface area contributed by atoms with Crippen LogP contribution in [0.2, 0.25) is 0 Å². The monoisotopic (exact) mass is 492 g/mol. The minimum atomic E-state index is -5.03. The van der Waals surface area contributed by atoms with E-state index in [1.165, 1.54) is 18.5 Å². The number of halogens is 6. The van der Waals surface area contributed by atoms with Gasteiger partial charge in [-0.25, -0.2) is 4.79 Å². The number of pyridine rings is 1. The fourth-order valence-electron chi connectivity index (χ4n) is 3.53. The van der Waals surface area contributed by atoms with E-state index in [9.17, 15) is 35.9 Å². The van der Waals surface area contributed by atoms with Crippen LogP contribution in [-0.2, 0) is 18.9 Å². The van der Waals surface area contributed by atoms with Crippen molar-refractivity contribution in [1.82, 2.24) is 10.3 Å². The highest BCUT2D eigenvalue weighted by molar-refractivity contribution is 6.06. The maximum Gasteiger partial charge on any atom is 0.416 e. The molecule has 35 heavy (non-hydrogen) atoms. The molecule has 2 aromatic carbocycles. The fraction of sp³-hybridized carbons (Fsp3) is 0.125. The lowest BCUT2D eigenvalue weighted by Crippen LogP contribution is -2.25. The van der Waals surface area contributed by atoms with Crippen molar-refractivity contribution in [3.63, 3.8) is 0 Å². The SMILES string of the molecule is O=C(NCc1cc(C(F)(F)F)cc(C(F)(F)F)c1)c1oc(=O)c2cnccc2c1-c1ccccc1. The average molecular weight is 492 g/mol. The molecule has 5 nitrogen and oxygen atoms in total. The number of amides is 1. The fourth-order valence-corrected chi connectivity index (χ4v) is 3.53. The highest BCUT2D eigenvalue weighted by Crippen LogP contribution is 2.36. The molecule has 0 atom stereocenters. The molecule has 0 fully saturated rings. The Labute approximate surface area is 193 Å². The Morgan fingerprint density at radius 1 is 0.886 bits per heavy atom. The second-order valence-electron chi connectivity index (χ2n) is 7.48. The number of nitrogens with zero attached hydrogens (tertiary/aromatic N) is 1. The van der Waals surface area contributed by atoms with Gasteiger partial charge in [-0.05, 0) is 35.4 Å². The third kappa shape index (κ3) is 5.03. The van der Waals surface area contributed by atoms with Gasteiger partial charge < -0.3 is 9.73 Å². The molecule has 0 spiro atoms. The van der Waals surface area contributed by atoms with Crippen LogP contribution in [0.25, 0.3) is 21.9 Å². The second kappa shape index (κ2) is 8.90. The summed E-state index contributed by atoms with van der Waals surface area (Å²) in [4.78, 5) is 29.3. The predicted molar refractivity (Wildman–Crippen MR) is 113 cm³/mol. The molecule has 0 aliphatic rings. The lowest BCUT2D eigenvalue weighted by Gasteiger charge is -2.15. The average Bonchev–Trinajstić information content (AvgIpc) is 2.82. The van der Waals surface area contributed by atoms with Gasteiger partial charge in [0.05, 0.1) is 16.5 Å². The van der Waals surface area contributed by atoms with Crippen molar-refractivity contribution in [2.24, 2.45) is 0 Å². The third-order valence-electron chi connectivity index (χ3n) is 5.10. The first-order valence-electron chi connectivity index (χ1n) is 9.98. The molecule has 11 heteroatoms. The molecule has 0 aliphatic heterocycles. The van der Waals surface area contributed by atoms with Gasteiger partial charge in [0.2, 0.25) is 5.76 Å². The number of hydrogen-bond acceptors (Lipinski definition) is 4. The maximum absolute atomic E-state index is 13.1. The van der Waals surface area contributed by atoms with Gasteiger partial charge in [-0.1, -0.05) is 30.3 Å². The van der Waals surface area contributed by atoms with Crippen LogP contribution in [0.15, 0.2) is 76.2 Å². The number of nitrogens with one attached hydrogen (secondary N) is 1. The maximum atomic E-state index is 13.1. The summed E-state index contributed by atoms with van der Waals surface area (Å²) in [7, 11) is 0. The Kier molecular flexibility index (Phi) is 6.10. The number of hydrogen-bond donors (Lipinski definition) is 1. The largest absolute Gasteiger partial charge is 0.416 e. The summed E-state index contributed by atoms with van der Waals surface area (Å²) in [6, 6.07) is 10.9. The number of alkyl halides is 6. The number of carbonyl (C=O) groups is 1. The van der Waals surface area contributed by atoms with E-state index in [0.717, 1.165) is 0 Å². The summed E-state index contributed by atoms with van der Waals surface area (Å²) in [6.45, 7) is -0.682. The predicted octanol–water partition coefficient (Wildman–Crippen LogP) is 5.82. The van der Waals surface area contributed by atoms with Gasteiger partial charge in [-0.2, -0.15) is 26.3 Å². The normalized spacial score (nSPS) is 12.1. The number of carbonyl (C=O) groups excluding carboxylic acids is 1. The summed E-state index contributed by atoms with van der Waals surface area (Å²) in [5.41, 5.74) is -3.61. The van der Waals surface area contributed by atoms with Crippen LogP contribution >= 0.6 is 0 Å². The molecule has 0 bridgehead atoms. The summed E-state index contributed by atoms with van der Waals surface area (Å²) in [5.74, 6) is -1.44. The van der Waals surface area contributed by atoms with Crippen molar-refractivity contribution in [2.45, 2.75) is 18.9 Å². The van der Waals surface area contributed by atoms with E-state index in [0.29, 0.717) is 23.1 Å². The molecule has 0 aliphatic carbocycles. The molecule has 2 heterocycles. The minimum absolute atomic E-state index is 0.00472. The Hall–Kier alpha value is -4.15. The standard InChI is InChI=1S/C24H14F6N2O3/c25-23(26,27)15-8-13(9-16(10-15)24(28,29)30)11-32-21(33)20-19(14-4-2-1-3-5-14)17-6-7-31-12-18(17)22(34)35-20/h1-10,12H,11H2,(H,32,33). The molecule has 4 rings (SSSR count). The topological polar surface area (TPSA) is 72.2 Å². The van der Waals surface area contributed by atoms with Gasteiger partial charge in [0.15, 0.2) is 0 Å². The van der Waals surface area contributed by atoms with Gasteiger partial charge >= 0.3 is 18.0 Å². The Bertz CT molecular complexity index is 1430. The van der Waals surface area contributed by atoms with Crippen molar-refractivity contribution < 1.29 is 35.6 Å². The summed E-state index contributed by atoms with van der Waals surface area (Å²) >= 11 is 0. The molecule has 0 saturated carbocycles. The molecule has 2 aromatic heterocycles. The van der Waals surface area contributed by atoms with E-state index in [-0.39, 0.29) is 17.0 Å². The van der Waals surface area contributed by atoms with Crippen LogP contribution < -0.4 is 10.9 Å². The van der Waals surface area contributed by atoms with Crippen molar-refractivity contribution in [3.8, 4) is 11.1 Å². The van der Waals surface area contributed by atoms with Crippen molar-refractivity contribution in [1.29, 1.82) is 0 Å². The molecule has 0 unspecified atom stereocenters. The number of rotatable bonds is 4. The minimum Gasteiger partial charge on any atom is -0.416 e. The summed E-state index contributed by atoms with van der Waals surface area (Å²) < 4.78 is 84.0. The van der Waals surface area contributed by atoms with Gasteiger partial charge in [0, 0.05) is 29.9 Å². The van der Waals surface area contributed by atoms with E-state index in [2.05, 4.69) is 10.3 Å². The van der Waals surface area contributed by atoms with Crippen molar-refractivity contribution in [3.05, 3.63) is 99.9 Å². The highest BCUT2D eigenvalue weighted by Gasteiger charge is 2.37. The van der Waals surface area contributed by atoms with E-state index in [4.69, 9.17) is 4.42 Å². The molecule has 180 valence electrons. The van der Waals surface area contributed by atoms with Crippen LogP contribution in [0.4, 0.5) is 26.3 Å². The lowest BCUT2D eigenvalue weighted by atomic mass is 9.99. The Balaban J connectivity index is 1.75. The van der Waals surface area contributed by atoms with Crippen LogP contribution in [0.1, 0.15) is 27.2 Å². The molecule has 1 amide bonds. The van der Waals surface area contributed by atoms with Gasteiger partial charge in [0.1, 0.15) is 0 Å². The number of fused-ring (bicyclic) bond motifs is 1. The Morgan fingerprint density at radius 3 is 2.11 bits per heavy atom. The number of benzene rings is 2. The van der Waals surface area contributed by atoms with Crippen LogP contribution in [0.5, 0.6) is 0 Å². The van der Waals surface area contributed by atoms with Crippen LogP contribution in [0, 0.1) is 0 Å². The van der Waals surface area contributed by atoms with Gasteiger partial charge in [-0.3, -0.25) is 9.78 Å². The zero-order valence-corrected chi connectivity index (χ0v) is 17.5. The van der Waals surface area contributed by atoms with E-state index in [1.807, 2.05) is 0 Å². The summed E-state index contributed by atoms with van der Waals surface area (Å²) in [5, 5.41) is 2.68. The second-order valence-corrected chi connectivity index (χ2v) is 7.48.